The number of carbonyl (C=O) groups is 2. The van der Waals surface area contributed by atoms with Gasteiger partial charge in [0.25, 0.3) is 11.8 Å². The van der Waals surface area contributed by atoms with Crippen LogP contribution in [0.1, 0.15) is 37.5 Å². The number of alkyl halides is 3. The molecule has 0 aliphatic carbocycles. The molecule has 0 atom stereocenters. The van der Waals surface area contributed by atoms with Gasteiger partial charge in [-0.25, -0.2) is 0 Å². The Morgan fingerprint density at radius 2 is 1.74 bits per heavy atom. The molecular formula is C25H22F3N3O3. The van der Waals surface area contributed by atoms with Crippen LogP contribution in [-0.4, -0.2) is 46.0 Å². The molecule has 1 fully saturated rings. The number of β-amino-alcohol motifs (C(OH)–C–C–N with tert-alkyl or cyclic N) is 1. The van der Waals surface area contributed by atoms with Crippen molar-refractivity contribution in [1.29, 1.82) is 0 Å². The summed E-state index contributed by atoms with van der Waals surface area (Å²) in [6.07, 6.45) is -4.02. The molecule has 2 aromatic carbocycles. The van der Waals surface area contributed by atoms with E-state index in [1.165, 1.54) is 11.0 Å². The highest BCUT2D eigenvalue weighted by molar-refractivity contribution is 6.04. The van der Waals surface area contributed by atoms with Crippen molar-refractivity contribution >= 4 is 11.8 Å². The number of hydrogen-bond acceptors (Lipinski definition) is 4. The fraction of sp³-hybridized carbons (Fsp3) is 0.240. The van der Waals surface area contributed by atoms with Crippen LogP contribution in [0.25, 0.3) is 11.1 Å². The number of aliphatic hydroxyl groups excluding tert-OH is 1. The molecule has 0 saturated carbocycles. The molecule has 0 spiro atoms. The van der Waals surface area contributed by atoms with Crippen molar-refractivity contribution < 1.29 is 27.9 Å². The van der Waals surface area contributed by atoms with E-state index in [1.54, 1.807) is 19.1 Å². The molecule has 1 aliphatic rings. The van der Waals surface area contributed by atoms with Crippen LogP contribution >= 0.6 is 0 Å². The van der Waals surface area contributed by atoms with Gasteiger partial charge < -0.3 is 15.3 Å². The van der Waals surface area contributed by atoms with Crippen LogP contribution in [0, 0.1) is 6.92 Å². The van der Waals surface area contributed by atoms with Gasteiger partial charge in [0.15, 0.2) is 0 Å². The second-order valence-electron chi connectivity index (χ2n) is 8.16. The lowest BCUT2D eigenvalue weighted by Gasteiger charge is -2.36. The van der Waals surface area contributed by atoms with Crippen molar-refractivity contribution in [3.8, 4) is 11.1 Å². The molecule has 3 aromatic rings. The molecule has 6 nitrogen and oxygen atoms in total. The number of benzene rings is 2. The lowest BCUT2D eigenvalue weighted by molar-refractivity contribution is -0.141. The van der Waals surface area contributed by atoms with E-state index in [-0.39, 0.29) is 31.1 Å². The van der Waals surface area contributed by atoms with E-state index in [4.69, 9.17) is 0 Å². The predicted molar refractivity (Wildman–Crippen MR) is 119 cm³/mol. The Kier molecular flexibility index (Phi) is 6.39. The maximum Gasteiger partial charge on any atom is 0.433 e. The Hall–Kier alpha value is -3.72. The molecule has 34 heavy (non-hydrogen) atoms. The minimum Gasteiger partial charge on any atom is -0.389 e. The number of nitrogens with one attached hydrogen (secondary N) is 1. The number of amides is 2. The van der Waals surface area contributed by atoms with Gasteiger partial charge in [-0.2, -0.15) is 13.2 Å². The third-order valence-corrected chi connectivity index (χ3v) is 5.71. The highest BCUT2D eigenvalue weighted by atomic mass is 19.4. The first kappa shape index (κ1) is 23.4. The average Bonchev–Trinajstić information content (AvgIpc) is 2.80. The maximum absolute atomic E-state index is 13.1. The molecule has 9 heteroatoms. The molecule has 2 amide bonds. The predicted octanol–water partition coefficient (Wildman–Crippen LogP) is 3.82. The summed E-state index contributed by atoms with van der Waals surface area (Å²) in [6.45, 7) is 2.11. The fourth-order valence-corrected chi connectivity index (χ4v) is 3.74. The third kappa shape index (κ3) is 4.94. The van der Waals surface area contributed by atoms with E-state index in [9.17, 15) is 27.9 Å². The molecule has 0 unspecified atom stereocenters. The molecule has 2 N–H and O–H groups in total. The summed E-state index contributed by atoms with van der Waals surface area (Å²) in [4.78, 5) is 31.0. The van der Waals surface area contributed by atoms with Gasteiger partial charge in [0.1, 0.15) is 5.69 Å². The summed E-state index contributed by atoms with van der Waals surface area (Å²) in [5.74, 6) is -0.741. The van der Waals surface area contributed by atoms with E-state index < -0.39 is 23.9 Å². The van der Waals surface area contributed by atoms with Crippen molar-refractivity contribution in [1.82, 2.24) is 15.2 Å². The van der Waals surface area contributed by atoms with Crippen LogP contribution in [-0.2, 0) is 12.7 Å². The number of hydrogen-bond donors (Lipinski definition) is 2. The van der Waals surface area contributed by atoms with Crippen LogP contribution in [0.5, 0.6) is 0 Å². The zero-order valence-corrected chi connectivity index (χ0v) is 18.3. The Balaban J connectivity index is 1.61. The van der Waals surface area contributed by atoms with Gasteiger partial charge in [-0.05, 0) is 47.4 Å². The van der Waals surface area contributed by atoms with Crippen molar-refractivity contribution in [3.63, 3.8) is 0 Å². The van der Waals surface area contributed by atoms with E-state index in [0.29, 0.717) is 22.3 Å². The fourth-order valence-electron chi connectivity index (χ4n) is 3.74. The highest BCUT2D eigenvalue weighted by Gasteiger charge is 2.32. The molecule has 4 rings (SSSR count). The number of aromatic nitrogens is 1. The summed E-state index contributed by atoms with van der Waals surface area (Å²) in [7, 11) is 0. The number of aliphatic hydroxyl groups is 1. The van der Waals surface area contributed by atoms with Crippen molar-refractivity contribution in [3.05, 3.63) is 88.7 Å². The van der Waals surface area contributed by atoms with Crippen LogP contribution in [0.4, 0.5) is 13.2 Å². The molecular weight excluding hydrogens is 447 g/mol. The SMILES string of the molecule is Cc1c(C(=O)NCc2ccc(C(F)(F)F)nc2)cc(-c2ccccc2)cc1C(=O)N1CC(O)C1. The molecule has 2 heterocycles. The van der Waals surface area contributed by atoms with Crippen molar-refractivity contribution in [2.24, 2.45) is 0 Å². The van der Waals surface area contributed by atoms with Gasteiger partial charge in [0, 0.05) is 37.0 Å². The third-order valence-electron chi connectivity index (χ3n) is 5.71. The summed E-state index contributed by atoms with van der Waals surface area (Å²) in [6, 6.07) is 14.8. The minimum absolute atomic E-state index is 0.0272. The highest BCUT2D eigenvalue weighted by Crippen LogP contribution is 2.29. The Labute approximate surface area is 194 Å². The molecule has 1 aromatic heterocycles. The zero-order valence-electron chi connectivity index (χ0n) is 18.3. The van der Waals surface area contributed by atoms with E-state index in [1.807, 2.05) is 30.3 Å². The smallest absolute Gasteiger partial charge is 0.389 e. The van der Waals surface area contributed by atoms with Crippen LogP contribution in [0.15, 0.2) is 60.8 Å². The van der Waals surface area contributed by atoms with Gasteiger partial charge in [-0.15, -0.1) is 0 Å². The summed E-state index contributed by atoms with van der Waals surface area (Å²) in [5.41, 5.74) is 2.02. The first-order chi connectivity index (χ1) is 16.1. The van der Waals surface area contributed by atoms with E-state index in [2.05, 4.69) is 10.3 Å². The molecule has 1 aliphatic heterocycles. The minimum atomic E-state index is -4.54. The normalized spacial score (nSPS) is 14.0. The Morgan fingerprint density at radius 1 is 1.06 bits per heavy atom. The standard InChI is InChI=1S/C25H22F3N3O3/c1-15-20(23(33)30-12-16-7-8-22(29-11-16)25(26,27)28)9-18(17-5-3-2-4-6-17)10-21(15)24(34)31-13-19(32)14-31/h2-11,19,32H,12-14H2,1H3,(H,30,33). The monoisotopic (exact) mass is 469 g/mol. The molecule has 176 valence electrons. The lowest BCUT2D eigenvalue weighted by atomic mass is 9.93. The first-order valence-electron chi connectivity index (χ1n) is 10.6. The van der Waals surface area contributed by atoms with Crippen LogP contribution in [0.2, 0.25) is 0 Å². The Morgan fingerprint density at radius 3 is 2.32 bits per heavy atom. The van der Waals surface area contributed by atoms with Gasteiger partial charge in [0.2, 0.25) is 0 Å². The lowest BCUT2D eigenvalue weighted by Crippen LogP contribution is -2.53. The molecule has 1 saturated heterocycles. The van der Waals surface area contributed by atoms with E-state index in [0.717, 1.165) is 17.8 Å². The summed E-state index contributed by atoms with van der Waals surface area (Å²) >= 11 is 0. The average molecular weight is 469 g/mol. The van der Waals surface area contributed by atoms with Crippen LogP contribution < -0.4 is 5.32 Å². The number of likely N-dealkylation sites (tertiary alicyclic amines) is 1. The zero-order chi connectivity index (χ0) is 24.5. The Bertz CT molecular complexity index is 1210. The summed E-state index contributed by atoms with van der Waals surface area (Å²) < 4.78 is 38.1. The largest absolute Gasteiger partial charge is 0.433 e. The van der Waals surface area contributed by atoms with Crippen molar-refractivity contribution in [2.75, 3.05) is 13.1 Å². The number of pyridine rings is 1. The number of carbonyl (C=O) groups excluding carboxylic acids is 2. The first-order valence-corrected chi connectivity index (χ1v) is 10.6. The number of halogens is 3. The maximum atomic E-state index is 13.1. The second-order valence-corrected chi connectivity index (χ2v) is 8.16. The second kappa shape index (κ2) is 9.26. The summed E-state index contributed by atoms with van der Waals surface area (Å²) in [5, 5.41) is 12.3. The number of rotatable bonds is 5. The van der Waals surface area contributed by atoms with E-state index >= 15 is 0 Å². The number of nitrogens with zero attached hydrogens (tertiary/aromatic N) is 2. The molecule has 0 bridgehead atoms. The topological polar surface area (TPSA) is 82.5 Å². The quantitative estimate of drug-likeness (QED) is 0.595. The van der Waals surface area contributed by atoms with Gasteiger partial charge in [0.05, 0.1) is 6.10 Å². The van der Waals surface area contributed by atoms with Gasteiger partial charge in [-0.1, -0.05) is 36.4 Å². The van der Waals surface area contributed by atoms with Gasteiger partial charge in [-0.3, -0.25) is 14.6 Å². The van der Waals surface area contributed by atoms with Crippen molar-refractivity contribution in [2.45, 2.75) is 25.7 Å². The van der Waals surface area contributed by atoms with Crippen LogP contribution in [0.3, 0.4) is 0 Å². The van der Waals surface area contributed by atoms with Gasteiger partial charge >= 0.3 is 6.18 Å². The molecule has 0 radical (unpaired) electrons.